The third-order valence-corrected chi connectivity index (χ3v) is 4.84. The largest absolute Gasteiger partial charge is 0.360 e. The van der Waals surface area contributed by atoms with Gasteiger partial charge < -0.3 is 9.84 Å². The molecule has 112 valence electrons. The van der Waals surface area contributed by atoms with E-state index in [1.807, 2.05) is 30.3 Å². The Morgan fingerprint density at radius 3 is 2.82 bits per heavy atom. The summed E-state index contributed by atoms with van der Waals surface area (Å²) in [6.07, 6.45) is 0. The molecule has 22 heavy (non-hydrogen) atoms. The number of amides is 1. The number of carbonyl (C=O) groups is 1. The van der Waals surface area contributed by atoms with Crippen molar-refractivity contribution in [1.29, 1.82) is 0 Å². The predicted octanol–water partition coefficient (Wildman–Crippen LogP) is 3.31. The molecule has 0 unspecified atom stereocenters. The highest BCUT2D eigenvalue weighted by molar-refractivity contribution is 8.01. The Kier molecular flexibility index (Phi) is 4.50. The lowest BCUT2D eigenvalue weighted by atomic mass is 10.1. The summed E-state index contributed by atoms with van der Waals surface area (Å²) in [7, 11) is 0. The molecule has 8 heteroatoms. The molecule has 3 rings (SSSR count). The minimum Gasteiger partial charge on any atom is -0.360 e. The van der Waals surface area contributed by atoms with Crippen LogP contribution in [0.3, 0.4) is 0 Å². The third-order valence-electron chi connectivity index (χ3n) is 2.78. The molecule has 1 N–H and O–H groups in total. The van der Waals surface area contributed by atoms with Crippen LogP contribution in [0.2, 0.25) is 0 Å². The lowest BCUT2D eigenvalue weighted by molar-refractivity contribution is -0.115. The van der Waals surface area contributed by atoms with Crippen molar-refractivity contribution in [3.05, 3.63) is 53.2 Å². The molecule has 0 saturated carbocycles. The van der Waals surface area contributed by atoms with E-state index in [4.69, 9.17) is 4.52 Å². The maximum atomic E-state index is 12.6. The van der Waals surface area contributed by atoms with Gasteiger partial charge in [-0.3, -0.25) is 4.79 Å². The van der Waals surface area contributed by atoms with Gasteiger partial charge in [-0.1, -0.05) is 58.6 Å². The van der Waals surface area contributed by atoms with Gasteiger partial charge in [-0.15, -0.1) is 10.2 Å². The van der Waals surface area contributed by atoms with E-state index >= 15 is 0 Å². The molecule has 0 fully saturated rings. The summed E-state index contributed by atoms with van der Waals surface area (Å²) in [5, 5.41) is 13.9. The normalized spacial score (nSPS) is 12.0. The maximum Gasteiger partial charge on any atom is 0.243 e. The minimum atomic E-state index is -0.439. The summed E-state index contributed by atoms with van der Waals surface area (Å²) in [4.78, 5) is 12.6. The molecule has 1 amide bonds. The highest BCUT2D eigenvalue weighted by atomic mass is 32.2. The van der Waals surface area contributed by atoms with Crippen LogP contribution in [0.4, 0.5) is 5.82 Å². The first-order valence-electron chi connectivity index (χ1n) is 6.44. The molecule has 6 nitrogen and oxygen atoms in total. The van der Waals surface area contributed by atoms with Crippen molar-refractivity contribution in [2.24, 2.45) is 0 Å². The monoisotopic (exact) mass is 332 g/mol. The first kappa shape index (κ1) is 14.7. The van der Waals surface area contributed by atoms with Gasteiger partial charge >= 0.3 is 0 Å². The first-order valence-corrected chi connectivity index (χ1v) is 8.20. The number of aryl methyl sites for hydroxylation is 1. The van der Waals surface area contributed by atoms with E-state index in [9.17, 15) is 4.79 Å². The Labute approximate surface area is 134 Å². The van der Waals surface area contributed by atoms with E-state index in [-0.39, 0.29) is 5.91 Å². The fourth-order valence-electron chi connectivity index (χ4n) is 1.83. The number of benzene rings is 1. The number of anilines is 1. The van der Waals surface area contributed by atoms with Crippen molar-refractivity contribution >= 4 is 34.8 Å². The summed E-state index contributed by atoms with van der Waals surface area (Å²) in [6, 6.07) is 11.2. The summed E-state index contributed by atoms with van der Waals surface area (Å²) >= 11 is 2.76. The van der Waals surface area contributed by atoms with Gasteiger partial charge in [-0.2, -0.15) is 0 Å². The van der Waals surface area contributed by atoms with Crippen LogP contribution in [0.25, 0.3) is 0 Å². The van der Waals surface area contributed by atoms with Crippen LogP contribution in [0, 0.1) is 6.92 Å². The van der Waals surface area contributed by atoms with Crippen molar-refractivity contribution in [3.63, 3.8) is 0 Å². The molecule has 2 aromatic heterocycles. The predicted molar refractivity (Wildman–Crippen MR) is 84.8 cm³/mol. The fraction of sp³-hybridized carbons (Fsp3) is 0.143. The number of hydrogen-bond donors (Lipinski definition) is 1. The van der Waals surface area contributed by atoms with Crippen LogP contribution in [0.15, 0.2) is 50.8 Å². The molecule has 0 aliphatic rings. The number of nitrogens with zero attached hydrogens (tertiary/aromatic N) is 3. The van der Waals surface area contributed by atoms with E-state index < -0.39 is 5.25 Å². The quantitative estimate of drug-likeness (QED) is 0.722. The second-order valence-corrected chi connectivity index (χ2v) is 6.61. The molecule has 1 atom stereocenters. The Bertz CT molecular complexity index is 743. The van der Waals surface area contributed by atoms with Gasteiger partial charge in [0.25, 0.3) is 0 Å². The summed E-state index contributed by atoms with van der Waals surface area (Å²) < 4.78 is 5.70. The second kappa shape index (κ2) is 6.71. The Hall–Kier alpha value is -2.19. The van der Waals surface area contributed by atoms with Crippen LogP contribution in [-0.4, -0.2) is 21.3 Å². The third kappa shape index (κ3) is 3.52. The van der Waals surface area contributed by atoms with E-state index in [0.29, 0.717) is 11.6 Å². The van der Waals surface area contributed by atoms with Crippen molar-refractivity contribution in [3.8, 4) is 0 Å². The summed E-state index contributed by atoms with van der Waals surface area (Å²) in [5.74, 6) is 0.865. The van der Waals surface area contributed by atoms with Gasteiger partial charge in [0.15, 0.2) is 10.2 Å². The molecule has 0 aliphatic carbocycles. The van der Waals surface area contributed by atoms with E-state index in [1.165, 1.54) is 23.1 Å². The smallest absolute Gasteiger partial charge is 0.243 e. The molecule has 0 spiro atoms. The van der Waals surface area contributed by atoms with Crippen LogP contribution in [0.5, 0.6) is 0 Å². The molecule has 1 aromatic carbocycles. The topological polar surface area (TPSA) is 80.9 Å². The molecular weight excluding hydrogens is 320 g/mol. The molecule has 0 bridgehead atoms. The van der Waals surface area contributed by atoms with Crippen LogP contribution in [-0.2, 0) is 4.79 Å². The van der Waals surface area contributed by atoms with Gasteiger partial charge in [0.2, 0.25) is 5.91 Å². The number of aromatic nitrogens is 3. The van der Waals surface area contributed by atoms with Crippen molar-refractivity contribution in [2.45, 2.75) is 16.5 Å². The van der Waals surface area contributed by atoms with Gasteiger partial charge in [-0.25, -0.2) is 0 Å². The number of hydrogen-bond acceptors (Lipinski definition) is 7. The van der Waals surface area contributed by atoms with Crippen LogP contribution >= 0.6 is 23.1 Å². The molecule has 0 radical (unpaired) electrons. The summed E-state index contributed by atoms with van der Waals surface area (Å²) in [6.45, 7) is 1.77. The average molecular weight is 332 g/mol. The van der Waals surface area contributed by atoms with Crippen LogP contribution < -0.4 is 5.32 Å². The molecule has 0 saturated heterocycles. The van der Waals surface area contributed by atoms with E-state index in [2.05, 4.69) is 20.7 Å². The number of rotatable bonds is 5. The SMILES string of the molecule is Cc1cc(NC(=O)[C@H](Sc2nncs2)c2ccccc2)no1. The molecule has 2 heterocycles. The van der Waals surface area contributed by atoms with E-state index in [0.717, 1.165) is 9.90 Å². The van der Waals surface area contributed by atoms with Crippen molar-refractivity contribution in [1.82, 2.24) is 15.4 Å². The zero-order valence-electron chi connectivity index (χ0n) is 11.6. The molecule has 0 aliphatic heterocycles. The zero-order valence-corrected chi connectivity index (χ0v) is 13.2. The van der Waals surface area contributed by atoms with E-state index in [1.54, 1.807) is 18.5 Å². The fourth-order valence-corrected chi connectivity index (χ4v) is 3.51. The van der Waals surface area contributed by atoms with Crippen molar-refractivity contribution in [2.75, 3.05) is 5.32 Å². The Morgan fingerprint density at radius 1 is 1.36 bits per heavy atom. The van der Waals surface area contributed by atoms with Crippen molar-refractivity contribution < 1.29 is 9.32 Å². The number of carbonyl (C=O) groups excluding carboxylic acids is 1. The average Bonchev–Trinajstić information content (AvgIpc) is 3.17. The summed E-state index contributed by atoms with van der Waals surface area (Å²) in [5.41, 5.74) is 2.53. The maximum absolute atomic E-state index is 12.6. The lowest BCUT2D eigenvalue weighted by Gasteiger charge is -2.14. The first-order chi connectivity index (χ1) is 10.7. The van der Waals surface area contributed by atoms with Gasteiger partial charge in [0.05, 0.1) is 0 Å². The van der Waals surface area contributed by atoms with Gasteiger partial charge in [0, 0.05) is 6.07 Å². The lowest BCUT2D eigenvalue weighted by Crippen LogP contribution is -2.19. The Morgan fingerprint density at radius 2 is 2.18 bits per heavy atom. The minimum absolute atomic E-state index is 0.181. The zero-order chi connectivity index (χ0) is 15.4. The van der Waals surface area contributed by atoms with Gasteiger partial charge in [0.1, 0.15) is 16.5 Å². The van der Waals surface area contributed by atoms with Gasteiger partial charge in [-0.05, 0) is 12.5 Å². The standard InChI is InChI=1S/C14H12N4O2S2/c1-9-7-11(18-20-9)16-13(19)12(10-5-3-2-4-6-10)22-14-17-15-8-21-14/h2-8,12H,1H3,(H,16,18,19)/t12-/m1/s1. The molecule has 3 aromatic rings. The Balaban J connectivity index is 1.82. The highest BCUT2D eigenvalue weighted by Gasteiger charge is 2.24. The second-order valence-electron chi connectivity index (χ2n) is 4.43. The number of nitrogens with one attached hydrogen (secondary N) is 1. The molecular formula is C14H12N4O2S2. The highest BCUT2D eigenvalue weighted by Crippen LogP contribution is 2.36. The number of thioether (sulfide) groups is 1. The van der Waals surface area contributed by atoms with Crippen LogP contribution in [0.1, 0.15) is 16.6 Å².